The summed E-state index contributed by atoms with van der Waals surface area (Å²) in [5.41, 5.74) is 9.37. The van der Waals surface area contributed by atoms with Crippen LogP contribution in [0.15, 0.2) is 54.6 Å². The van der Waals surface area contributed by atoms with Gasteiger partial charge in [-0.2, -0.15) is 15.4 Å². The van der Waals surface area contributed by atoms with E-state index in [9.17, 15) is 4.79 Å². The molecule has 138 valence electrons. The zero-order chi connectivity index (χ0) is 18.6. The Balaban J connectivity index is 1.51. The fourth-order valence-corrected chi connectivity index (χ4v) is 3.53. The van der Waals surface area contributed by atoms with Crippen molar-refractivity contribution in [3.8, 4) is 11.3 Å². The second kappa shape index (κ2) is 7.59. The van der Waals surface area contributed by atoms with Gasteiger partial charge in [0.15, 0.2) is 5.69 Å². The van der Waals surface area contributed by atoms with Crippen molar-refractivity contribution in [3.05, 3.63) is 65.9 Å². The largest absolute Gasteiger partial charge is 0.368 e. The molecule has 0 spiro atoms. The summed E-state index contributed by atoms with van der Waals surface area (Å²) in [4.78, 5) is 16.4. The molecular weight excluding hydrogens is 340 g/mol. The summed E-state index contributed by atoms with van der Waals surface area (Å²) in [6.45, 7) is 4.74. The summed E-state index contributed by atoms with van der Waals surface area (Å²) >= 11 is 0. The molecule has 1 amide bonds. The number of primary amides is 1. The van der Waals surface area contributed by atoms with Gasteiger partial charge in [-0.15, -0.1) is 0 Å². The van der Waals surface area contributed by atoms with Gasteiger partial charge in [-0.25, -0.2) is 0 Å². The molecule has 2 heterocycles. The molecular formula is C20H22N6O. The number of anilines is 1. The number of hydrogen-bond acceptors (Lipinski definition) is 5. The second-order valence-corrected chi connectivity index (χ2v) is 6.65. The zero-order valence-electron chi connectivity index (χ0n) is 15.0. The van der Waals surface area contributed by atoms with E-state index in [0.29, 0.717) is 5.69 Å². The number of aromatic nitrogens is 3. The molecule has 27 heavy (non-hydrogen) atoms. The van der Waals surface area contributed by atoms with Crippen LogP contribution in [0.25, 0.3) is 11.3 Å². The van der Waals surface area contributed by atoms with Gasteiger partial charge in [-0.1, -0.05) is 48.5 Å². The molecule has 7 heteroatoms. The predicted molar refractivity (Wildman–Crippen MR) is 104 cm³/mol. The van der Waals surface area contributed by atoms with Gasteiger partial charge in [0.05, 0.1) is 0 Å². The van der Waals surface area contributed by atoms with Gasteiger partial charge in [-0.05, 0) is 11.6 Å². The normalized spacial score (nSPS) is 15.0. The first-order valence-corrected chi connectivity index (χ1v) is 9.03. The summed E-state index contributed by atoms with van der Waals surface area (Å²) in [5, 5.41) is 10.6. The molecule has 3 aromatic rings. The number of benzene rings is 2. The van der Waals surface area contributed by atoms with Gasteiger partial charge in [-0.3, -0.25) is 9.69 Å². The highest BCUT2D eigenvalue weighted by molar-refractivity contribution is 5.98. The molecule has 4 rings (SSSR count). The first-order chi connectivity index (χ1) is 13.2. The molecule has 0 aliphatic carbocycles. The number of aromatic amines is 1. The van der Waals surface area contributed by atoms with Crippen LogP contribution < -0.4 is 10.6 Å². The van der Waals surface area contributed by atoms with Crippen LogP contribution in [0.2, 0.25) is 0 Å². The molecule has 1 fully saturated rings. The van der Waals surface area contributed by atoms with Gasteiger partial charge < -0.3 is 10.6 Å². The Kier molecular flexibility index (Phi) is 4.84. The van der Waals surface area contributed by atoms with Crippen LogP contribution in [0.3, 0.4) is 0 Å². The van der Waals surface area contributed by atoms with Crippen molar-refractivity contribution >= 4 is 11.6 Å². The molecule has 1 saturated heterocycles. The van der Waals surface area contributed by atoms with Crippen LogP contribution in [-0.2, 0) is 6.54 Å². The van der Waals surface area contributed by atoms with Gasteiger partial charge in [0.2, 0.25) is 0 Å². The average Bonchev–Trinajstić information content (AvgIpc) is 3.20. The van der Waals surface area contributed by atoms with Crippen molar-refractivity contribution < 1.29 is 4.79 Å². The Morgan fingerprint density at radius 3 is 2.41 bits per heavy atom. The number of nitrogens with one attached hydrogen (secondary N) is 1. The van der Waals surface area contributed by atoms with Crippen molar-refractivity contribution in [2.45, 2.75) is 6.54 Å². The molecule has 2 aromatic carbocycles. The number of nitrogens with zero attached hydrogens (tertiary/aromatic N) is 4. The van der Waals surface area contributed by atoms with Crippen LogP contribution >= 0.6 is 0 Å². The molecule has 0 bridgehead atoms. The van der Waals surface area contributed by atoms with E-state index in [-0.39, 0.29) is 5.69 Å². The number of piperazine rings is 1. The molecule has 0 radical (unpaired) electrons. The maximum Gasteiger partial charge on any atom is 0.271 e. The van der Waals surface area contributed by atoms with E-state index in [2.05, 4.69) is 55.5 Å². The molecule has 1 aromatic heterocycles. The number of nitrogens with two attached hydrogens (primary N) is 1. The summed E-state index contributed by atoms with van der Waals surface area (Å²) in [6.07, 6.45) is 0. The first kappa shape index (κ1) is 17.2. The Hall–Kier alpha value is -3.19. The highest BCUT2D eigenvalue weighted by atomic mass is 16.1. The number of para-hydroxylation sites is 1. The maximum absolute atomic E-state index is 11.6. The fourth-order valence-electron chi connectivity index (χ4n) is 3.53. The lowest BCUT2D eigenvalue weighted by Gasteiger charge is -2.37. The highest BCUT2D eigenvalue weighted by Gasteiger charge is 2.23. The van der Waals surface area contributed by atoms with E-state index >= 15 is 0 Å². The van der Waals surface area contributed by atoms with E-state index in [1.807, 2.05) is 24.3 Å². The number of amides is 1. The third-order valence-corrected chi connectivity index (χ3v) is 4.90. The lowest BCUT2D eigenvalue weighted by molar-refractivity contribution is 0.0996. The quantitative estimate of drug-likeness (QED) is 0.723. The van der Waals surface area contributed by atoms with Crippen molar-refractivity contribution in [3.63, 3.8) is 0 Å². The Labute approximate surface area is 157 Å². The minimum Gasteiger partial charge on any atom is -0.368 e. The topological polar surface area (TPSA) is 91.1 Å². The average molecular weight is 362 g/mol. The SMILES string of the molecule is NC(=O)c1n[nH]nc1-c1ccccc1N1CCN(Cc2ccccc2)CC1. The monoisotopic (exact) mass is 362 g/mol. The van der Waals surface area contributed by atoms with Gasteiger partial charge in [0.1, 0.15) is 5.69 Å². The van der Waals surface area contributed by atoms with Gasteiger partial charge in [0.25, 0.3) is 5.91 Å². The van der Waals surface area contributed by atoms with E-state index in [4.69, 9.17) is 5.73 Å². The third-order valence-electron chi connectivity index (χ3n) is 4.90. The third kappa shape index (κ3) is 3.68. The first-order valence-electron chi connectivity index (χ1n) is 9.03. The number of carbonyl (C=O) groups is 1. The van der Waals surface area contributed by atoms with Crippen LogP contribution in [0.1, 0.15) is 16.1 Å². The number of hydrogen-bond donors (Lipinski definition) is 2. The minimum absolute atomic E-state index is 0.171. The molecule has 7 nitrogen and oxygen atoms in total. The molecule has 1 aliphatic heterocycles. The molecule has 3 N–H and O–H groups in total. The van der Waals surface area contributed by atoms with Crippen molar-refractivity contribution in [1.82, 2.24) is 20.3 Å². The molecule has 1 aliphatic rings. The summed E-state index contributed by atoms with van der Waals surface area (Å²) in [7, 11) is 0. The Morgan fingerprint density at radius 2 is 1.67 bits per heavy atom. The van der Waals surface area contributed by atoms with E-state index in [0.717, 1.165) is 44.0 Å². The number of rotatable bonds is 5. The fraction of sp³-hybridized carbons (Fsp3) is 0.250. The lowest BCUT2D eigenvalue weighted by atomic mass is 10.1. The van der Waals surface area contributed by atoms with Crippen molar-refractivity contribution in [2.75, 3.05) is 31.1 Å². The number of H-pyrrole nitrogens is 1. The molecule has 0 unspecified atom stereocenters. The summed E-state index contributed by atoms with van der Waals surface area (Å²) < 4.78 is 0. The zero-order valence-corrected chi connectivity index (χ0v) is 15.0. The van der Waals surface area contributed by atoms with Crippen molar-refractivity contribution in [1.29, 1.82) is 0 Å². The van der Waals surface area contributed by atoms with Crippen LogP contribution in [-0.4, -0.2) is 52.4 Å². The minimum atomic E-state index is -0.582. The predicted octanol–water partition coefficient (Wildman–Crippen LogP) is 1.89. The summed E-state index contributed by atoms with van der Waals surface area (Å²) in [6, 6.07) is 18.5. The van der Waals surface area contributed by atoms with E-state index in [1.165, 1.54) is 5.56 Å². The smallest absolute Gasteiger partial charge is 0.271 e. The standard InChI is InChI=1S/C20H22N6O/c21-20(27)19-18(22-24-23-19)16-8-4-5-9-17(16)26-12-10-25(11-13-26)14-15-6-2-1-3-7-15/h1-9H,10-14H2,(H2,21,27)(H,22,23,24). The maximum atomic E-state index is 11.6. The second-order valence-electron chi connectivity index (χ2n) is 6.65. The lowest BCUT2D eigenvalue weighted by Crippen LogP contribution is -2.46. The van der Waals surface area contributed by atoms with Crippen LogP contribution in [0, 0.1) is 0 Å². The van der Waals surface area contributed by atoms with E-state index in [1.54, 1.807) is 0 Å². The highest BCUT2D eigenvalue weighted by Crippen LogP contribution is 2.31. The van der Waals surface area contributed by atoms with Crippen LogP contribution in [0.4, 0.5) is 5.69 Å². The Morgan fingerprint density at radius 1 is 0.963 bits per heavy atom. The van der Waals surface area contributed by atoms with E-state index < -0.39 is 5.91 Å². The molecule has 0 atom stereocenters. The number of carbonyl (C=O) groups excluding carboxylic acids is 1. The van der Waals surface area contributed by atoms with Gasteiger partial charge in [0, 0.05) is 44.0 Å². The van der Waals surface area contributed by atoms with Crippen molar-refractivity contribution in [2.24, 2.45) is 5.73 Å². The Bertz CT molecular complexity index is 915. The summed E-state index contributed by atoms with van der Waals surface area (Å²) in [5.74, 6) is -0.582. The molecule has 0 saturated carbocycles. The van der Waals surface area contributed by atoms with Gasteiger partial charge >= 0.3 is 0 Å². The van der Waals surface area contributed by atoms with Crippen LogP contribution in [0.5, 0.6) is 0 Å².